The number of anilines is 1. The van der Waals surface area contributed by atoms with E-state index in [0.29, 0.717) is 36.6 Å². The number of hydrogen-bond acceptors (Lipinski definition) is 23. The molecule has 7 atom stereocenters. The molecule has 0 bridgehead atoms. The van der Waals surface area contributed by atoms with Gasteiger partial charge in [-0.25, -0.2) is 28.1 Å². The van der Waals surface area contributed by atoms with Crippen LogP contribution in [0.1, 0.15) is 74.4 Å². The highest BCUT2D eigenvalue weighted by Crippen LogP contribution is 2.66. The molecule has 2 heterocycles. The predicted molar refractivity (Wildman–Crippen MR) is 281 cm³/mol. The first-order chi connectivity index (χ1) is 36.0. The number of aromatic nitrogens is 2. The number of hydrogen-bond donors (Lipinski definition) is 8. The number of nitrogens with zero attached hydrogens (tertiary/aromatic N) is 1. The third-order valence-electron chi connectivity index (χ3n) is 9.79. The molecule has 1 saturated heterocycles. The fraction of sp³-hybridized carbons (Fsp3) is 0.476. The summed E-state index contributed by atoms with van der Waals surface area (Å²) in [5.74, 6) is 2.52. The summed E-state index contributed by atoms with van der Waals surface area (Å²) in [4.78, 5) is 117. The van der Waals surface area contributed by atoms with Gasteiger partial charge in [0, 0.05) is 35.3 Å². The van der Waals surface area contributed by atoms with E-state index in [4.69, 9.17) is 48.5 Å². The summed E-state index contributed by atoms with van der Waals surface area (Å²) in [6.07, 6.45) is 0.0317. The number of H-pyrrole nitrogens is 1. The molecular formula is C42H56N5O22P3S4. The topological polar surface area (TPSA) is 388 Å². The lowest BCUT2D eigenvalue weighted by molar-refractivity contribution is -0.125. The van der Waals surface area contributed by atoms with Crippen LogP contribution in [0.25, 0.3) is 0 Å². The number of nitrogens with one attached hydrogen (secondary N) is 3. The van der Waals surface area contributed by atoms with Gasteiger partial charge in [-0.15, -0.1) is 0 Å². The van der Waals surface area contributed by atoms with Crippen LogP contribution >= 0.6 is 66.6 Å². The van der Waals surface area contributed by atoms with E-state index in [-0.39, 0.29) is 66.6 Å². The van der Waals surface area contributed by atoms with Gasteiger partial charge in [0.1, 0.15) is 43.8 Å². The lowest BCUT2D eigenvalue weighted by Gasteiger charge is -2.22. The largest absolute Gasteiger partial charge is 0.490 e. The van der Waals surface area contributed by atoms with Crippen LogP contribution in [0.3, 0.4) is 0 Å². The molecule has 9 N–H and O–H groups in total. The lowest BCUT2D eigenvalue weighted by atomic mass is 10.0. The average molecular weight is 1200 g/mol. The van der Waals surface area contributed by atoms with Gasteiger partial charge in [0.25, 0.3) is 5.56 Å². The number of rotatable bonds is 31. The Balaban J connectivity index is 1.36. The highest BCUT2D eigenvalue weighted by molar-refractivity contribution is 8.76. The number of carbonyl (C=O) groups excluding carboxylic acids is 4. The average Bonchev–Trinajstić information content (AvgIpc) is 3.74. The van der Waals surface area contributed by atoms with Gasteiger partial charge in [-0.3, -0.25) is 28.5 Å². The summed E-state index contributed by atoms with van der Waals surface area (Å²) in [5.41, 5.74) is 5.15. The van der Waals surface area contributed by atoms with Crippen molar-refractivity contribution in [2.45, 2.75) is 49.2 Å². The molecule has 0 spiro atoms. The van der Waals surface area contributed by atoms with E-state index in [1.165, 1.54) is 55.3 Å². The maximum Gasteiger partial charge on any atom is 0.490 e. The zero-order valence-corrected chi connectivity index (χ0v) is 46.9. The molecule has 5 unspecified atom stereocenters. The number of nitrogens with two attached hydrogens (primary N) is 1. The van der Waals surface area contributed by atoms with E-state index in [0.717, 1.165) is 10.8 Å². The Morgan fingerprint density at radius 2 is 1.49 bits per heavy atom. The first-order valence-corrected chi connectivity index (χ1v) is 32.0. The smallest absolute Gasteiger partial charge is 0.460 e. The normalized spacial score (nSPS) is 17.8. The van der Waals surface area contributed by atoms with E-state index >= 15 is 0 Å². The molecule has 76 heavy (non-hydrogen) atoms. The van der Waals surface area contributed by atoms with Crippen LogP contribution in [0.5, 0.6) is 0 Å². The maximum absolute atomic E-state index is 13.6. The van der Waals surface area contributed by atoms with Gasteiger partial charge in [-0.05, 0) is 61.8 Å². The summed E-state index contributed by atoms with van der Waals surface area (Å²) >= 11 is 0. The van der Waals surface area contributed by atoms with Crippen LogP contribution in [0.2, 0.25) is 0 Å². The third-order valence-corrected chi connectivity index (χ3v) is 17.9. The monoisotopic (exact) mass is 1200 g/mol. The molecular weight excluding hydrogens is 1150 g/mol. The van der Waals surface area contributed by atoms with Crippen LogP contribution in [0, 0.1) is 11.8 Å². The molecule has 420 valence electrons. The van der Waals surface area contributed by atoms with Gasteiger partial charge >= 0.3 is 41.1 Å². The molecule has 3 aromatic rings. The molecule has 1 aromatic heterocycles. The zero-order chi connectivity index (χ0) is 56.1. The minimum atomic E-state index is -5.91. The van der Waals surface area contributed by atoms with E-state index in [1.807, 2.05) is 26.4 Å². The second kappa shape index (κ2) is 31.7. The summed E-state index contributed by atoms with van der Waals surface area (Å²) < 4.78 is 81.8. The van der Waals surface area contributed by atoms with Crippen molar-refractivity contribution in [3.05, 3.63) is 97.3 Å². The van der Waals surface area contributed by atoms with Gasteiger partial charge in [0.05, 0.1) is 50.7 Å². The minimum absolute atomic E-state index is 0.142. The molecule has 2 amide bonds. The van der Waals surface area contributed by atoms with Crippen molar-refractivity contribution in [3.8, 4) is 11.8 Å². The Labute approximate surface area is 450 Å². The number of carbonyl (C=O) groups is 4. The molecule has 0 saturated carbocycles. The Hall–Kier alpha value is -3.83. The molecule has 1 aliphatic heterocycles. The Morgan fingerprint density at radius 1 is 0.842 bits per heavy atom. The molecule has 2 aromatic carbocycles. The van der Waals surface area contributed by atoms with Gasteiger partial charge in [0.2, 0.25) is 11.8 Å². The van der Waals surface area contributed by atoms with Crippen LogP contribution in [-0.4, -0.2) is 144 Å². The van der Waals surface area contributed by atoms with Gasteiger partial charge in [-0.1, -0.05) is 73.2 Å². The van der Waals surface area contributed by atoms with Crippen LogP contribution in [0.15, 0.2) is 58.3 Å². The van der Waals surface area contributed by atoms with Crippen molar-refractivity contribution in [2.75, 3.05) is 83.8 Å². The number of benzene rings is 2. The number of amides is 2. The summed E-state index contributed by atoms with van der Waals surface area (Å²) in [7, 11) is -11.4. The molecule has 34 heteroatoms. The SMILES string of the molecule is CSSC(C)c1cc(NC(=O)COCCOCCN)ccc1C(=O)OCCOCC(=O)NCC#Cc1cn([C@H]2CC(OC(=O)c3ccccc3C(C)SSC)[C@@H](COP(=O)(O)OP(=O)(O)OP(=O)(O)O)O2)c(=O)[nH]c1=O. The van der Waals surface area contributed by atoms with Crippen molar-refractivity contribution in [3.63, 3.8) is 0 Å². The molecule has 0 aliphatic carbocycles. The quantitative estimate of drug-likeness (QED) is 0.0149. The predicted octanol–water partition coefficient (Wildman–Crippen LogP) is 3.81. The maximum atomic E-state index is 13.6. The van der Waals surface area contributed by atoms with Crippen molar-refractivity contribution < 1.29 is 94.0 Å². The molecule has 1 aliphatic rings. The Kier molecular flexibility index (Phi) is 27.0. The minimum Gasteiger partial charge on any atom is -0.460 e. The zero-order valence-electron chi connectivity index (χ0n) is 40.9. The fourth-order valence-electron chi connectivity index (χ4n) is 6.63. The summed E-state index contributed by atoms with van der Waals surface area (Å²) in [6.45, 7) is 2.57. The third kappa shape index (κ3) is 22.1. The molecule has 0 radical (unpaired) electrons. The molecule has 1 fully saturated rings. The number of esters is 2. The van der Waals surface area contributed by atoms with E-state index < -0.39 is 90.1 Å². The van der Waals surface area contributed by atoms with Crippen LogP contribution in [0.4, 0.5) is 5.69 Å². The van der Waals surface area contributed by atoms with E-state index in [2.05, 4.69) is 36.1 Å². The van der Waals surface area contributed by atoms with Crippen molar-refractivity contribution in [1.82, 2.24) is 14.9 Å². The second-order valence-corrected chi connectivity index (χ2v) is 25.4. The van der Waals surface area contributed by atoms with Crippen LogP contribution < -0.4 is 27.6 Å². The van der Waals surface area contributed by atoms with Crippen molar-refractivity contribution in [2.24, 2.45) is 5.73 Å². The van der Waals surface area contributed by atoms with Crippen molar-refractivity contribution in [1.29, 1.82) is 0 Å². The number of phosphoric acid groups is 3. The van der Waals surface area contributed by atoms with E-state index in [1.54, 1.807) is 30.3 Å². The molecule has 27 nitrogen and oxygen atoms in total. The van der Waals surface area contributed by atoms with Gasteiger partial charge in [0.15, 0.2) is 0 Å². The number of aromatic amines is 1. The Morgan fingerprint density at radius 3 is 2.17 bits per heavy atom. The standard InChI is InChI=1S/C42H56N5O22P3S4/c1-26(75-73-3)30-9-5-6-10-31(30)41(52)67-34-21-38(66-35(34)23-65-71(57,58)69-72(59,60)68-70(54,55)56)47-22-28(39(50)46-42(47)53)8-7-14-44-36(48)24-63-18-19-64-40(51)32-12-11-29(20-33(32)27(2)76-74-4)45-37(49)25-62-17-16-61-15-13-43/h5-6,9-12,20,22,26-27,34-35,38H,13-19,21,23-25,43H2,1-4H3,(H,44,48)(H,45,49)(H,57,58)(H,59,60)(H,46,50,53)(H2,54,55,56)/t26?,27?,34?,35-,38-/m1/s1. The first-order valence-electron chi connectivity index (χ1n) is 22.2. The summed E-state index contributed by atoms with van der Waals surface area (Å²) in [5, 5.41) is 4.83. The lowest BCUT2D eigenvalue weighted by Crippen LogP contribution is -2.34. The van der Waals surface area contributed by atoms with E-state index in [9.17, 15) is 52.2 Å². The van der Waals surface area contributed by atoms with Gasteiger partial charge < -0.3 is 64.4 Å². The fourth-order valence-corrected chi connectivity index (χ4v) is 13.2. The van der Waals surface area contributed by atoms with Crippen LogP contribution in [-0.2, 0) is 64.9 Å². The summed E-state index contributed by atoms with van der Waals surface area (Å²) in [6, 6.07) is 11.3. The Bertz CT molecular complexity index is 2810. The highest BCUT2D eigenvalue weighted by Gasteiger charge is 2.45. The van der Waals surface area contributed by atoms with Gasteiger partial charge in [-0.2, -0.15) is 8.62 Å². The first kappa shape index (κ1) is 64.7. The highest BCUT2D eigenvalue weighted by atomic mass is 33.1. The second-order valence-electron chi connectivity index (χ2n) is 15.4. The number of ether oxygens (including phenoxy) is 6. The molecule has 4 rings (SSSR count). The number of phosphoric ester groups is 1. The van der Waals surface area contributed by atoms with Crippen molar-refractivity contribution >= 4 is 96.1 Å².